The fourth-order valence-electron chi connectivity index (χ4n) is 9.76. The van der Waals surface area contributed by atoms with Crippen molar-refractivity contribution in [1.82, 2.24) is 60.5 Å². The van der Waals surface area contributed by atoms with Crippen LogP contribution < -0.4 is 25.6 Å². The van der Waals surface area contributed by atoms with Crippen LogP contribution in [0.25, 0.3) is 10.9 Å². The Labute approximate surface area is 450 Å². The standard InChI is InChI=1S/C53H65FN14O7S2/c1-31-32(2)63-64-46(31)62-47-38-25-43(77(73,74)53(4,5)6)42(26-39(38)58-30-59-47)75-24-23-65-19-21-67(22-20-65)52-56-27-36(28-57-52)50(71)66-17-14-34(15-18-66)44(61-48(70)33(3)55-7)51(72)68-16-8-9-41(68)49-60-40(29-76-49)45(69)35-10-12-37(54)13-11-35/h10-13,25-30,33-34,41,44,55H,8-9,14-24H2,1-7H3,(H,61,70)(H2,58,59,62,63,64)/t33?,41?,44-/m0/s1. The number of sulfone groups is 1. The molecule has 21 nitrogen and oxygen atoms in total. The molecular weight excluding hydrogens is 1030 g/mol. The Bertz CT molecular complexity index is 3240. The lowest BCUT2D eigenvalue weighted by Crippen LogP contribution is -2.57. The molecular formula is C53H65FN14O7S2. The van der Waals surface area contributed by atoms with Gasteiger partial charge in [0.1, 0.15) is 52.0 Å². The number of fused-ring (bicyclic) bond motifs is 1. The lowest BCUT2D eigenvalue weighted by Gasteiger charge is -2.38. The van der Waals surface area contributed by atoms with Gasteiger partial charge in [-0.05, 0) is 111 Å². The van der Waals surface area contributed by atoms with Crippen molar-refractivity contribution in [1.29, 1.82) is 0 Å². The molecule has 24 heteroatoms. The summed E-state index contributed by atoms with van der Waals surface area (Å²) in [6.07, 6.45) is 6.81. The number of thiazole rings is 1. The van der Waals surface area contributed by atoms with Crippen LogP contribution in [-0.2, 0) is 19.4 Å². The minimum atomic E-state index is -3.86. The van der Waals surface area contributed by atoms with Gasteiger partial charge in [0.15, 0.2) is 15.7 Å². The summed E-state index contributed by atoms with van der Waals surface area (Å²) in [5.74, 6) is -0.0842. The highest BCUT2D eigenvalue weighted by Gasteiger charge is 2.42. The van der Waals surface area contributed by atoms with E-state index < -0.39 is 32.5 Å². The van der Waals surface area contributed by atoms with Crippen LogP contribution in [0.5, 0.6) is 5.75 Å². The molecule has 0 spiro atoms. The maximum absolute atomic E-state index is 14.6. The SMILES string of the molecule is CNC(C)C(=O)N[C@H](C(=O)N1CCCC1c1nc(C(=O)c2ccc(F)cc2)cs1)C1CCN(C(=O)c2cnc(N3CCN(CCOc4cc5ncnc(Nc6n[nH]c(C)c6C)c5cc4S(=O)(=O)C(C)(C)C)CC3)nc2)CC1. The number of halogens is 1. The van der Waals surface area contributed by atoms with Crippen LogP contribution in [0.15, 0.2) is 65.4 Å². The van der Waals surface area contributed by atoms with E-state index in [0.29, 0.717) is 116 Å². The average Bonchev–Trinajstić information content (AvgIpc) is 4.24. The highest BCUT2D eigenvalue weighted by molar-refractivity contribution is 7.92. The van der Waals surface area contributed by atoms with Crippen molar-refractivity contribution in [3.63, 3.8) is 0 Å². The van der Waals surface area contributed by atoms with Crippen LogP contribution in [0.4, 0.5) is 22.0 Å². The molecule has 77 heavy (non-hydrogen) atoms. The molecule has 3 amide bonds. The molecule has 3 atom stereocenters. The molecule has 3 fully saturated rings. The van der Waals surface area contributed by atoms with Gasteiger partial charge in [-0.2, -0.15) is 5.10 Å². The van der Waals surface area contributed by atoms with Crippen molar-refractivity contribution in [2.24, 2.45) is 5.92 Å². The Kier molecular flexibility index (Phi) is 16.3. The first-order valence-electron chi connectivity index (χ1n) is 25.9. The van der Waals surface area contributed by atoms with Gasteiger partial charge in [-0.3, -0.25) is 29.2 Å². The number of amides is 3. The summed E-state index contributed by atoms with van der Waals surface area (Å²) < 4.78 is 46.7. The number of aromatic nitrogens is 7. The first kappa shape index (κ1) is 54.8. The van der Waals surface area contributed by atoms with E-state index in [1.165, 1.54) is 41.9 Å². The summed E-state index contributed by atoms with van der Waals surface area (Å²) >= 11 is 1.30. The molecule has 408 valence electrons. The molecule has 0 aliphatic carbocycles. The number of aryl methyl sites for hydroxylation is 1. The quantitative estimate of drug-likeness (QED) is 0.0833. The Morgan fingerprint density at radius 2 is 1.62 bits per heavy atom. The van der Waals surface area contributed by atoms with Gasteiger partial charge in [0.25, 0.3) is 5.91 Å². The van der Waals surface area contributed by atoms with Crippen molar-refractivity contribution in [2.75, 3.05) is 76.2 Å². The summed E-state index contributed by atoms with van der Waals surface area (Å²) in [6.45, 7) is 15.0. The molecule has 9 rings (SSSR count). The number of hydrogen-bond donors (Lipinski definition) is 4. The molecule has 3 aliphatic rings. The second kappa shape index (κ2) is 22.9. The third-order valence-electron chi connectivity index (χ3n) is 14.9. The number of rotatable bonds is 17. The summed E-state index contributed by atoms with van der Waals surface area (Å²) in [6, 6.07) is 6.75. The van der Waals surface area contributed by atoms with Gasteiger partial charge in [-0.25, -0.2) is 37.7 Å². The maximum atomic E-state index is 14.6. The van der Waals surface area contributed by atoms with Crippen LogP contribution >= 0.6 is 11.3 Å². The molecule has 2 aromatic carbocycles. The first-order chi connectivity index (χ1) is 36.8. The number of anilines is 3. The predicted octanol–water partition coefficient (Wildman–Crippen LogP) is 5.41. The van der Waals surface area contributed by atoms with Crippen molar-refractivity contribution < 1.29 is 36.7 Å². The van der Waals surface area contributed by atoms with E-state index in [4.69, 9.17) is 4.74 Å². The second-order valence-electron chi connectivity index (χ2n) is 20.8. The van der Waals surface area contributed by atoms with E-state index in [1.807, 2.05) is 13.8 Å². The topological polar surface area (TPSA) is 254 Å². The van der Waals surface area contributed by atoms with E-state index in [9.17, 15) is 32.0 Å². The van der Waals surface area contributed by atoms with Crippen molar-refractivity contribution in [3.8, 4) is 5.75 Å². The van der Waals surface area contributed by atoms with Crippen LogP contribution in [0.2, 0.25) is 0 Å². The second-order valence-corrected chi connectivity index (χ2v) is 24.3. The normalized spacial score (nSPS) is 17.6. The van der Waals surface area contributed by atoms with Crippen molar-refractivity contribution in [3.05, 3.63) is 99.4 Å². The van der Waals surface area contributed by atoms with E-state index in [2.05, 4.69) is 60.9 Å². The number of carbonyl (C=O) groups is 4. The van der Waals surface area contributed by atoms with E-state index in [-0.39, 0.29) is 58.4 Å². The number of piperazine rings is 1. The van der Waals surface area contributed by atoms with Gasteiger partial charge in [0.2, 0.25) is 23.5 Å². The predicted molar refractivity (Wildman–Crippen MR) is 289 cm³/mol. The van der Waals surface area contributed by atoms with Crippen molar-refractivity contribution in [2.45, 2.75) is 95.0 Å². The summed E-state index contributed by atoms with van der Waals surface area (Å²) in [7, 11) is -2.19. The Hall–Kier alpha value is -7.02. The van der Waals surface area contributed by atoms with Gasteiger partial charge in [0.05, 0.1) is 27.9 Å². The van der Waals surface area contributed by atoms with Gasteiger partial charge in [-0.1, -0.05) is 0 Å². The average molecular weight is 1090 g/mol. The van der Waals surface area contributed by atoms with Gasteiger partial charge in [0, 0.05) is 98.4 Å². The van der Waals surface area contributed by atoms with Gasteiger partial charge in [-0.15, -0.1) is 11.3 Å². The van der Waals surface area contributed by atoms with Crippen LogP contribution in [0.3, 0.4) is 0 Å². The Balaban J connectivity index is 0.787. The van der Waals surface area contributed by atoms with Crippen LogP contribution in [-0.4, -0.2) is 165 Å². The molecule has 4 aromatic heterocycles. The molecule has 4 N–H and O–H groups in total. The zero-order valence-corrected chi connectivity index (χ0v) is 45.9. The van der Waals surface area contributed by atoms with Crippen LogP contribution in [0.1, 0.15) is 102 Å². The Morgan fingerprint density at radius 1 is 0.909 bits per heavy atom. The number of aromatic amines is 1. The lowest BCUT2D eigenvalue weighted by molar-refractivity contribution is -0.139. The number of hydrogen-bond acceptors (Lipinski definition) is 18. The molecule has 0 saturated carbocycles. The number of benzene rings is 2. The fraction of sp³-hybridized carbons (Fsp3) is 0.472. The summed E-state index contributed by atoms with van der Waals surface area (Å²) in [5.41, 5.74) is 3.21. The van der Waals surface area contributed by atoms with E-state index in [1.54, 1.807) is 74.4 Å². The van der Waals surface area contributed by atoms with Crippen molar-refractivity contribution >= 4 is 73.2 Å². The molecule has 3 saturated heterocycles. The minimum Gasteiger partial charge on any atom is -0.491 e. The Morgan fingerprint density at radius 3 is 2.29 bits per heavy atom. The molecule has 6 aromatic rings. The highest BCUT2D eigenvalue weighted by atomic mass is 32.2. The third kappa shape index (κ3) is 11.8. The molecule has 0 radical (unpaired) electrons. The maximum Gasteiger partial charge on any atom is 0.256 e. The molecule has 3 aliphatic heterocycles. The van der Waals surface area contributed by atoms with Gasteiger partial charge >= 0.3 is 0 Å². The number of nitrogens with zero attached hydrogens (tertiary/aromatic N) is 10. The minimum absolute atomic E-state index is 0.0531. The zero-order chi connectivity index (χ0) is 54.8. The number of likely N-dealkylation sites (tertiary alicyclic amines) is 2. The number of carbonyl (C=O) groups excluding carboxylic acids is 4. The number of ketones is 1. The number of likely N-dealkylation sites (N-methyl/N-ethyl adjacent to an activating group) is 1. The van der Waals surface area contributed by atoms with E-state index >= 15 is 0 Å². The van der Waals surface area contributed by atoms with Gasteiger partial charge < -0.3 is 35.4 Å². The summed E-state index contributed by atoms with van der Waals surface area (Å²) in [4.78, 5) is 85.5. The molecule has 2 unspecified atom stereocenters. The zero-order valence-electron chi connectivity index (χ0n) is 44.3. The summed E-state index contributed by atoms with van der Waals surface area (Å²) in [5, 5.41) is 19.3. The first-order valence-corrected chi connectivity index (χ1v) is 28.2. The number of ether oxygens (including phenoxy) is 1. The van der Waals surface area contributed by atoms with E-state index in [0.717, 1.165) is 17.7 Å². The highest BCUT2D eigenvalue weighted by Crippen LogP contribution is 2.39. The number of nitrogens with one attached hydrogen (secondary N) is 4. The third-order valence-corrected chi connectivity index (χ3v) is 18.3. The molecule has 7 heterocycles. The van der Waals surface area contributed by atoms with Crippen LogP contribution in [0, 0.1) is 25.6 Å². The number of piperidine rings is 1. The monoisotopic (exact) mass is 1090 g/mol. The molecule has 0 bridgehead atoms. The smallest absolute Gasteiger partial charge is 0.256 e. The fourth-order valence-corrected chi connectivity index (χ4v) is 12.0. The number of H-pyrrole nitrogens is 1. The largest absolute Gasteiger partial charge is 0.491 e. The lowest BCUT2D eigenvalue weighted by atomic mass is 9.87.